The molecule has 2 nitrogen and oxygen atoms in total. The number of carboxylic acid groups (broad SMARTS) is 1. The van der Waals surface area contributed by atoms with Crippen LogP contribution >= 0.6 is 0 Å². The van der Waals surface area contributed by atoms with Gasteiger partial charge >= 0.3 is 35.2 Å². The van der Waals surface area contributed by atoms with E-state index in [2.05, 4.69) is 0 Å². The van der Waals surface area contributed by atoms with Gasteiger partial charge in [0.15, 0.2) is 0 Å². The Bertz CT molecular complexity index is 29.0. The van der Waals surface area contributed by atoms with E-state index in [0.717, 1.165) is 0 Å². The minimum absolute atomic E-state index is 0.429. The second-order valence-electron chi connectivity index (χ2n) is 0.283. The zero-order valence-electron chi connectivity index (χ0n) is 1.80. The minimum atomic E-state index is -0.722. The molecule has 0 saturated heterocycles. The summed E-state index contributed by atoms with van der Waals surface area (Å²) in [5.41, 5.74) is 0. The Morgan fingerprint density at radius 2 is 2.00 bits per heavy atom. The van der Waals surface area contributed by atoms with Crippen molar-refractivity contribution in [3.05, 3.63) is 0 Å². The van der Waals surface area contributed by atoms with Crippen LogP contribution in [-0.2, 0) is 21.1 Å². The Morgan fingerprint density at radius 3 is 2.00 bits per heavy atom. The first kappa shape index (κ1) is 4.21. The molecular formula is CHO2Ta. The van der Waals surface area contributed by atoms with Crippen LogP contribution in [0.15, 0.2) is 0 Å². The van der Waals surface area contributed by atoms with Gasteiger partial charge in [-0.05, 0) is 0 Å². The van der Waals surface area contributed by atoms with Gasteiger partial charge in [0, 0.05) is 0 Å². The molecule has 0 unspecified atom stereocenters. The third-order valence-corrected chi connectivity index (χ3v) is 0. The summed E-state index contributed by atoms with van der Waals surface area (Å²) in [7, 11) is 0. The first-order chi connectivity index (χ1) is 1.73. The van der Waals surface area contributed by atoms with Gasteiger partial charge in [-0.3, -0.25) is 0 Å². The van der Waals surface area contributed by atoms with Gasteiger partial charge in [0.05, 0.1) is 0 Å². The molecule has 0 aromatic heterocycles. The molecule has 0 heterocycles. The number of rotatable bonds is 0. The van der Waals surface area contributed by atoms with E-state index in [-0.39, 0.29) is 0 Å². The van der Waals surface area contributed by atoms with Gasteiger partial charge in [0.2, 0.25) is 0 Å². The fourth-order valence-electron chi connectivity index (χ4n) is 0. The molecule has 0 aromatic carbocycles. The molecule has 0 saturated carbocycles. The van der Waals surface area contributed by atoms with Gasteiger partial charge in [-0.25, -0.2) is 0 Å². The third-order valence-electron chi connectivity index (χ3n) is 0. The van der Waals surface area contributed by atoms with E-state index in [9.17, 15) is 0 Å². The van der Waals surface area contributed by atoms with E-state index in [1.54, 1.807) is 0 Å². The molecule has 1 N–H and O–H groups in total. The number of carbonyl (C=O) groups is 1. The van der Waals surface area contributed by atoms with Crippen molar-refractivity contribution in [2.24, 2.45) is 0 Å². The summed E-state index contributed by atoms with van der Waals surface area (Å²) < 4.78 is -0.722. The van der Waals surface area contributed by atoms with Crippen molar-refractivity contribution >= 4 is 4.19 Å². The van der Waals surface area contributed by atoms with Crippen LogP contribution in [-0.4, -0.2) is 9.29 Å². The van der Waals surface area contributed by atoms with Crippen LogP contribution in [0.4, 0.5) is 4.79 Å². The van der Waals surface area contributed by atoms with E-state index < -0.39 is 4.19 Å². The zero-order chi connectivity index (χ0) is 3.58. The number of hydrogen-bond donors (Lipinski definition) is 1. The molecule has 4 heavy (non-hydrogen) atoms. The number of hydrogen-bond acceptors (Lipinski definition) is 1. The quantitative estimate of drug-likeness (QED) is 0.641. The van der Waals surface area contributed by atoms with Gasteiger partial charge in [0.25, 0.3) is 0 Å². The molecule has 0 bridgehead atoms. The van der Waals surface area contributed by atoms with Gasteiger partial charge in [-0.15, -0.1) is 0 Å². The van der Waals surface area contributed by atoms with Crippen molar-refractivity contribution in [2.75, 3.05) is 0 Å². The van der Waals surface area contributed by atoms with Gasteiger partial charge in [-0.1, -0.05) is 0 Å². The molecule has 0 aliphatic rings. The standard InChI is InChI=1S/CHO2.Ta/c2-1-3;/h(H,2,3);. The van der Waals surface area contributed by atoms with E-state index in [0.29, 0.717) is 21.1 Å². The van der Waals surface area contributed by atoms with Crippen molar-refractivity contribution in [1.29, 1.82) is 0 Å². The molecule has 0 aliphatic heterocycles. The van der Waals surface area contributed by atoms with Crippen LogP contribution in [0.2, 0.25) is 0 Å². The van der Waals surface area contributed by atoms with E-state index in [1.165, 1.54) is 0 Å². The summed E-state index contributed by atoms with van der Waals surface area (Å²) in [5, 5.41) is 7.47. The molecule has 0 aromatic rings. The third kappa shape index (κ3) is 73.2. The SMILES string of the molecule is O=[C](O)[Ta]. The molecule has 0 atom stereocenters. The van der Waals surface area contributed by atoms with Crippen molar-refractivity contribution < 1.29 is 31.0 Å². The predicted molar refractivity (Wildman–Crippen MR) is 8.02 cm³/mol. The molecule has 22 valence electrons. The zero-order valence-corrected chi connectivity index (χ0v) is 5.02. The summed E-state index contributed by atoms with van der Waals surface area (Å²) in [6.07, 6.45) is 0. The first-order valence-corrected chi connectivity index (χ1v) is 2.26. The monoisotopic (exact) mass is 226 g/mol. The molecule has 0 radical (unpaired) electrons. The molecule has 0 amide bonds. The molecule has 0 spiro atoms. The predicted octanol–water partition coefficient (Wildman–Crippen LogP) is 0.211. The molecule has 0 fully saturated rings. The average molecular weight is 226 g/mol. The van der Waals surface area contributed by atoms with E-state index >= 15 is 0 Å². The maximum absolute atomic E-state index is 9.05. The molecular weight excluding hydrogens is 225 g/mol. The van der Waals surface area contributed by atoms with Gasteiger partial charge in [-0.2, -0.15) is 0 Å². The molecule has 0 aliphatic carbocycles. The summed E-state index contributed by atoms with van der Waals surface area (Å²) in [6, 6.07) is 0. The second kappa shape index (κ2) is 1.52. The van der Waals surface area contributed by atoms with Crippen molar-refractivity contribution in [3.63, 3.8) is 0 Å². The maximum atomic E-state index is 9.05. The summed E-state index contributed by atoms with van der Waals surface area (Å²) in [5.74, 6) is 0. The molecule has 0 rings (SSSR count). The molecule has 3 heteroatoms. The fourth-order valence-corrected chi connectivity index (χ4v) is 0. The van der Waals surface area contributed by atoms with Crippen molar-refractivity contribution in [2.45, 2.75) is 0 Å². The van der Waals surface area contributed by atoms with Crippen molar-refractivity contribution in [1.82, 2.24) is 0 Å². The average Bonchev–Trinajstić information content (AvgIpc) is 0.811. The Hall–Kier alpha value is 0.210. The summed E-state index contributed by atoms with van der Waals surface area (Å²) in [4.78, 5) is 9.05. The fraction of sp³-hybridized carbons (Fsp3) is 0. The first-order valence-electron chi connectivity index (χ1n) is 0.651. The Labute approximate surface area is 35.7 Å². The van der Waals surface area contributed by atoms with Crippen LogP contribution in [0.5, 0.6) is 0 Å². The second-order valence-corrected chi connectivity index (χ2v) is 1.66. The van der Waals surface area contributed by atoms with Crippen LogP contribution in [0.25, 0.3) is 0 Å². The van der Waals surface area contributed by atoms with Crippen LogP contribution in [0, 0.1) is 0 Å². The Morgan fingerprint density at radius 1 is 2.00 bits per heavy atom. The van der Waals surface area contributed by atoms with Crippen LogP contribution in [0.1, 0.15) is 0 Å². The van der Waals surface area contributed by atoms with Crippen molar-refractivity contribution in [3.8, 4) is 0 Å². The van der Waals surface area contributed by atoms with Crippen LogP contribution < -0.4 is 0 Å². The van der Waals surface area contributed by atoms with E-state index in [4.69, 9.17) is 9.90 Å². The van der Waals surface area contributed by atoms with Crippen LogP contribution in [0.3, 0.4) is 0 Å². The van der Waals surface area contributed by atoms with Gasteiger partial charge in [0.1, 0.15) is 0 Å². The van der Waals surface area contributed by atoms with E-state index in [1.807, 2.05) is 0 Å². The summed E-state index contributed by atoms with van der Waals surface area (Å²) >= 11 is 0.429. The Balaban J connectivity index is 2.80. The van der Waals surface area contributed by atoms with Gasteiger partial charge < -0.3 is 0 Å². The Kier molecular flexibility index (Phi) is 1.60. The summed E-state index contributed by atoms with van der Waals surface area (Å²) in [6.45, 7) is 0. The normalized spacial score (nSPS) is 6.00. The topological polar surface area (TPSA) is 37.3 Å².